The van der Waals surface area contributed by atoms with Crippen LogP contribution < -0.4 is 0 Å². The third-order valence-corrected chi connectivity index (χ3v) is 5.39. The average Bonchev–Trinajstić information content (AvgIpc) is 2.89. The van der Waals surface area contributed by atoms with E-state index < -0.39 is 0 Å². The Kier molecular flexibility index (Phi) is 4.01. The van der Waals surface area contributed by atoms with Gasteiger partial charge in [-0.2, -0.15) is 11.8 Å². The molecule has 0 bridgehead atoms. The van der Waals surface area contributed by atoms with Gasteiger partial charge in [0.1, 0.15) is 6.61 Å². The Morgan fingerprint density at radius 3 is 2.73 bits per heavy atom. The quantitative estimate of drug-likeness (QED) is 0.666. The van der Waals surface area contributed by atoms with E-state index in [1.807, 2.05) is 0 Å². The second kappa shape index (κ2) is 5.29. The standard InChI is InChI=1S/C13H22OS/c1-2-13(8-5-9-15-13)11-14-10-12-6-3-4-7-12/h10H,2-9,11H2,1H3. The first-order valence-electron chi connectivity index (χ1n) is 6.28. The fourth-order valence-corrected chi connectivity index (χ4v) is 3.87. The molecule has 0 radical (unpaired) electrons. The van der Waals surface area contributed by atoms with E-state index >= 15 is 0 Å². The summed E-state index contributed by atoms with van der Waals surface area (Å²) in [4.78, 5) is 0. The molecule has 0 aromatic rings. The van der Waals surface area contributed by atoms with Crippen LogP contribution in [0.5, 0.6) is 0 Å². The summed E-state index contributed by atoms with van der Waals surface area (Å²) in [5, 5.41) is 0. The first kappa shape index (κ1) is 11.4. The van der Waals surface area contributed by atoms with Gasteiger partial charge in [-0.3, -0.25) is 0 Å². The lowest BCUT2D eigenvalue weighted by atomic mass is 10.0. The van der Waals surface area contributed by atoms with Crippen molar-refractivity contribution in [1.29, 1.82) is 0 Å². The molecule has 0 spiro atoms. The van der Waals surface area contributed by atoms with Gasteiger partial charge in [0.15, 0.2) is 0 Å². The molecule has 0 amide bonds. The summed E-state index contributed by atoms with van der Waals surface area (Å²) in [6.45, 7) is 3.22. The number of allylic oxidation sites excluding steroid dienone is 1. The molecule has 1 heterocycles. The number of hydrogen-bond donors (Lipinski definition) is 0. The van der Waals surface area contributed by atoms with Crippen molar-refractivity contribution in [2.45, 2.75) is 56.6 Å². The van der Waals surface area contributed by atoms with E-state index in [1.54, 1.807) is 0 Å². The number of hydrogen-bond acceptors (Lipinski definition) is 2. The van der Waals surface area contributed by atoms with Crippen LogP contribution in [0.3, 0.4) is 0 Å². The summed E-state index contributed by atoms with van der Waals surface area (Å²) in [6.07, 6.45) is 11.3. The molecular formula is C13H22OS. The minimum absolute atomic E-state index is 0.440. The molecule has 1 aliphatic heterocycles. The van der Waals surface area contributed by atoms with Crippen LogP contribution in [0.4, 0.5) is 0 Å². The zero-order valence-corrected chi connectivity index (χ0v) is 10.6. The van der Waals surface area contributed by atoms with Crippen LogP contribution in [0.2, 0.25) is 0 Å². The van der Waals surface area contributed by atoms with E-state index in [4.69, 9.17) is 4.74 Å². The Bertz CT molecular complexity index is 221. The summed E-state index contributed by atoms with van der Waals surface area (Å²) in [5.41, 5.74) is 1.53. The first-order chi connectivity index (χ1) is 7.35. The second-order valence-electron chi connectivity index (χ2n) is 4.78. The molecule has 1 aliphatic carbocycles. The molecule has 0 aromatic heterocycles. The van der Waals surface area contributed by atoms with Gasteiger partial charge in [-0.05, 0) is 56.3 Å². The van der Waals surface area contributed by atoms with E-state index in [2.05, 4.69) is 24.9 Å². The minimum Gasteiger partial charge on any atom is -0.500 e. The van der Waals surface area contributed by atoms with E-state index in [0.717, 1.165) is 6.61 Å². The summed E-state index contributed by atoms with van der Waals surface area (Å²) in [5.74, 6) is 1.33. The molecule has 86 valence electrons. The highest BCUT2D eigenvalue weighted by molar-refractivity contribution is 8.00. The Labute approximate surface area is 97.7 Å². The predicted octanol–water partition coefficient (Wildman–Crippen LogP) is 4.14. The van der Waals surface area contributed by atoms with Crippen LogP contribution >= 0.6 is 11.8 Å². The van der Waals surface area contributed by atoms with E-state index in [1.165, 1.54) is 56.3 Å². The highest BCUT2D eigenvalue weighted by Crippen LogP contribution is 2.41. The molecule has 1 atom stereocenters. The van der Waals surface area contributed by atoms with Crippen LogP contribution in [0.25, 0.3) is 0 Å². The maximum absolute atomic E-state index is 5.81. The molecule has 15 heavy (non-hydrogen) atoms. The zero-order valence-electron chi connectivity index (χ0n) is 9.76. The number of ether oxygens (including phenoxy) is 1. The van der Waals surface area contributed by atoms with Gasteiger partial charge in [0, 0.05) is 4.75 Å². The average molecular weight is 226 g/mol. The SMILES string of the molecule is CCC1(COC=C2CCCC2)CCCS1. The van der Waals surface area contributed by atoms with E-state index in [0.29, 0.717) is 4.75 Å². The Hall–Kier alpha value is -0.110. The molecule has 2 heteroatoms. The van der Waals surface area contributed by atoms with Crippen LogP contribution in [0.1, 0.15) is 51.9 Å². The van der Waals surface area contributed by atoms with Gasteiger partial charge >= 0.3 is 0 Å². The molecule has 0 N–H and O–H groups in total. The van der Waals surface area contributed by atoms with Gasteiger partial charge in [-0.25, -0.2) is 0 Å². The van der Waals surface area contributed by atoms with Crippen molar-refractivity contribution in [3.63, 3.8) is 0 Å². The smallest absolute Gasteiger partial charge is 0.102 e. The van der Waals surface area contributed by atoms with Crippen molar-refractivity contribution >= 4 is 11.8 Å². The van der Waals surface area contributed by atoms with Crippen molar-refractivity contribution in [3.8, 4) is 0 Å². The highest BCUT2D eigenvalue weighted by Gasteiger charge is 2.33. The molecular weight excluding hydrogens is 204 g/mol. The predicted molar refractivity (Wildman–Crippen MR) is 67.2 cm³/mol. The van der Waals surface area contributed by atoms with Crippen LogP contribution in [0.15, 0.2) is 11.8 Å². The third-order valence-electron chi connectivity index (χ3n) is 3.67. The highest BCUT2D eigenvalue weighted by atomic mass is 32.2. The second-order valence-corrected chi connectivity index (χ2v) is 6.35. The molecule has 2 aliphatic rings. The van der Waals surface area contributed by atoms with Crippen LogP contribution in [-0.2, 0) is 4.74 Å². The van der Waals surface area contributed by atoms with Gasteiger partial charge in [-0.1, -0.05) is 6.92 Å². The lowest BCUT2D eigenvalue weighted by molar-refractivity contribution is 0.204. The molecule has 0 aromatic carbocycles. The first-order valence-corrected chi connectivity index (χ1v) is 7.27. The topological polar surface area (TPSA) is 9.23 Å². The van der Waals surface area contributed by atoms with Gasteiger partial charge < -0.3 is 4.74 Å². The lowest BCUT2D eigenvalue weighted by Gasteiger charge is -2.25. The molecule has 1 nitrogen and oxygen atoms in total. The van der Waals surface area contributed by atoms with Crippen molar-refractivity contribution < 1.29 is 4.74 Å². The molecule has 2 fully saturated rings. The van der Waals surface area contributed by atoms with Crippen molar-refractivity contribution in [2.75, 3.05) is 12.4 Å². The Balaban J connectivity index is 1.78. The van der Waals surface area contributed by atoms with E-state index in [9.17, 15) is 0 Å². The summed E-state index contributed by atoms with van der Waals surface area (Å²) < 4.78 is 6.25. The normalized spacial score (nSPS) is 30.9. The van der Waals surface area contributed by atoms with E-state index in [-0.39, 0.29) is 0 Å². The van der Waals surface area contributed by atoms with Gasteiger partial charge in [0.25, 0.3) is 0 Å². The van der Waals surface area contributed by atoms with Crippen molar-refractivity contribution in [1.82, 2.24) is 0 Å². The van der Waals surface area contributed by atoms with Gasteiger partial charge in [-0.15, -0.1) is 0 Å². The lowest BCUT2D eigenvalue weighted by Crippen LogP contribution is -2.25. The molecule has 1 saturated heterocycles. The Morgan fingerprint density at radius 2 is 2.13 bits per heavy atom. The Morgan fingerprint density at radius 1 is 1.33 bits per heavy atom. The molecule has 1 unspecified atom stereocenters. The number of rotatable bonds is 4. The van der Waals surface area contributed by atoms with Crippen LogP contribution in [0, 0.1) is 0 Å². The van der Waals surface area contributed by atoms with Crippen molar-refractivity contribution in [3.05, 3.63) is 11.8 Å². The summed E-state index contributed by atoms with van der Waals surface area (Å²) in [7, 11) is 0. The number of thioether (sulfide) groups is 1. The molecule has 1 saturated carbocycles. The van der Waals surface area contributed by atoms with Crippen molar-refractivity contribution in [2.24, 2.45) is 0 Å². The van der Waals surface area contributed by atoms with Gasteiger partial charge in [0.05, 0.1) is 6.26 Å². The monoisotopic (exact) mass is 226 g/mol. The third kappa shape index (κ3) is 2.93. The van der Waals surface area contributed by atoms with Crippen LogP contribution in [-0.4, -0.2) is 17.1 Å². The minimum atomic E-state index is 0.440. The van der Waals surface area contributed by atoms with Gasteiger partial charge in [0.2, 0.25) is 0 Å². The maximum Gasteiger partial charge on any atom is 0.102 e. The molecule has 2 rings (SSSR count). The maximum atomic E-state index is 5.81. The summed E-state index contributed by atoms with van der Waals surface area (Å²) >= 11 is 2.12. The summed E-state index contributed by atoms with van der Waals surface area (Å²) in [6, 6.07) is 0. The zero-order chi connectivity index (χ0) is 10.6. The fraction of sp³-hybridized carbons (Fsp3) is 0.846. The fourth-order valence-electron chi connectivity index (χ4n) is 2.51. The largest absolute Gasteiger partial charge is 0.500 e.